The number of aromatic nitrogens is 4. The molecule has 0 aliphatic carbocycles. The third kappa shape index (κ3) is 2.48. The zero-order valence-corrected chi connectivity index (χ0v) is 14.3. The van der Waals surface area contributed by atoms with E-state index in [9.17, 15) is 8.42 Å². The summed E-state index contributed by atoms with van der Waals surface area (Å²) >= 11 is 0. The molecule has 2 aromatic heterocycles. The fourth-order valence-corrected chi connectivity index (χ4v) is 3.49. The van der Waals surface area contributed by atoms with Crippen LogP contribution in [-0.2, 0) is 17.1 Å². The fourth-order valence-electron chi connectivity index (χ4n) is 2.40. The van der Waals surface area contributed by atoms with Crippen molar-refractivity contribution in [2.24, 2.45) is 7.05 Å². The van der Waals surface area contributed by atoms with Crippen LogP contribution >= 0.6 is 0 Å². The van der Waals surface area contributed by atoms with Crippen molar-refractivity contribution in [3.8, 4) is 0 Å². The van der Waals surface area contributed by atoms with E-state index in [1.54, 1.807) is 22.4 Å². The van der Waals surface area contributed by atoms with E-state index >= 15 is 0 Å². The van der Waals surface area contributed by atoms with E-state index in [-0.39, 0.29) is 11.1 Å². The highest BCUT2D eigenvalue weighted by Crippen LogP contribution is 2.24. The summed E-state index contributed by atoms with van der Waals surface area (Å²) in [6, 6.07) is 7.67. The lowest BCUT2D eigenvalue weighted by atomic mass is 10.3. The van der Waals surface area contributed by atoms with Crippen LogP contribution in [0.3, 0.4) is 0 Å². The zero-order valence-electron chi connectivity index (χ0n) is 13.5. The highest BCUT2D eigenvalue weighted by Gasteiger charge is 2.27. The second-order valence-electron chi connectivity index (χ2n) is 5.68. The summed E-state index contributed by atoms with van der Waals surface area (Å²) in [6.07, 6.45) is 3.07. The van der Waals surface area contributed by atoms with Crippen LogP contribution in [0.15, 0.2) is 41.8 Å². The summed E-state index contributed by atoms with van der Waals surface area (Å²) in [5.74, 6) is 0.352. The summed E-state index contributed by atoms with van der Waals surface area (Å²) in [5, 5.41) is 0.0146. The van der Waals surface area contributed by atoms with E-state index in [2.05, 4.69) is 9.97 Å². The Hall–Kier alpha value is -2.35. The van der Waals surface area contributed by atoms with Crippen molar-refractivity contribution in [3.63, 3.8) is 0 Å². The smallest absolute Gasteiger partial charge is 0.285 e. The topological polar surface area (TPSA) is 73.0 Å². The molecule has 1 aromatic carbocycles. The van der Waals surface area contributed by atoms with Crippen molar-refractivity contribution in [1.82, 2.24) is 19.1 Å². The average molecular weight is 333 g/mol. The fraction of sp³-hybridized carbons (Fsp3) is 0.333. The molecule has 0 aliphatic rings. The Kier molecular flexibility index (Phi) is 3.63. The number of para-hydroxylation sites is 2. The summed E-state index contributed by atoms with van der Waals surface area (Å²) in [7, 11) is -0.471. The van der Waals surface area contributed by atoms with Crippen LogP contribution in [0.4, 0.5) is 5.95 Å². The van der Waals surface area contributed by atoms with Crippen LogP contribution in [0.2, 0.25) is 0 Å². The van der Waals surface area contributed by atoms with Crippen LogP contribution in [0.1, 0.15) is 19.9 Å². The molecular formula is C15H19N5O2S. The predicted octanol–water partition coefficient (Wildman–Crippen LogP) is 2.18. The van der Waals surface area contributed by atoms with Crippen LogP contribution < -0.4 is 4.31 Å². The SMILES string of the molecule is CC(C)n1cnc(S(=O)(=O)N(C)c2nc3ccccc3n2C)c1. The lowest BCUT2D eigenvalue weighted by Crippen LogP contribution is -2.29. The molecule has 0 atom stereocenters. The first-order valence-electron chi connectivity index (χ1n) is 7.26. The van der Waals surface area contributed by atoms with Crippen LogP contribution in [0.25, 0.3) is 11.0 Å². The molecule has 3 rings (SSSR count). The van der Waals surface area contributed by atoms with Gasteiger partial charge in [-0.15, -0.1) is 0 Å². The van der Waals surface area contributed by atoms with E-state index in [1.807, 2.05) is 38.1 Å². The van der Waals surface area contributed by atoms with Crippen molar-refractivity contribution in [2.45, 2.75) is 24.9 Å². The molecule has 0 unspecified atom stereocenters. The number of rotatable bonds is 4. The van der Waals surface area contributed by atoms with E-state index < -0.39 is 10.0 Å². The molecule has 0 N–H and O–H groups in total. The molecule has 0 amide bonds. The standard InChI is InChI=1S/C15H19N5O2S/c1-11(2)20-9-14(16-10-20)23(21,22)19(4)15-17-12-7-5-6-8-13(12)18(15)3/h5-11H,1-4H3. The van der Waals surface area contributed by atoms with Gasteiger partial charge in [-0.25, -0.2) is 14.3 Å². The number of benzene rings is 1. The van der Waals surface area contributed by atoms with Gasteiger partial charge in [-0.05, 0) is 26.0 Å². The van der Waals surface area contributed by atoms with E-state index in [1.165, 1.54) is 17.7 Å². The number of hydrogen-bond acceptors (Lipinski definition) is 4. The van der Waals surface area contributed by atoms with Crippen molar-refractivity contribution in [3.05, 3.63) is 36.8 Å². The molecule has 0 saturated heterocycles. The quantitative estimate of drug-likeness (QED) is 0.733. The molecule has 0 fully saturated rings. The normalized spacial score (nSPS) is 12.2. The van der Waals surface area contributed by atoms with Gasteiger partial charge in [0.25, 0.3) is 10.0 Å². The second-order valence-corrected chi connectivity index (χ2v) is 7.60. The maximum Gasteiger partial charge on any atom is 0.285 e. The Morgan fingerprint density at radius 2 is 1.91 bits per heavy atom. The Labute approximate surface area is 135 Å². The minimum Gasteiger partial charge on any atom is -0.334 e. The number of fused-ring (bicyclic) bond motifs is 1. The Balaban J connectivity index is 2.06. The number of anilines is 1. The van der Waals surface area contributed by atoms with Gasteiger partial charge >= 0.3 is 0 Å². The number of hydrogen-bond donors (Lipinski definition) is 0. The number of sulfonamides is 1. The molecule has 122 valence electrons. The van der Waals surface area contributed by atoms with Gasteiger partial charge in [0.1, 0.15) is 0 Å². The van der Waals surface area contributed by atoms with Crippen molar-refractivity contribution in [1.29, 1.82) is 0 Å². The third-order valence-electron chi connectivity index (χ3n) is 3.84. The minimum atomic E-state index is -3.76. The van der Waals surface area contributed by atoms with Gasteiger partial charge in [-0.3, -0.25) is 0 Å². The number of imidazole rings is 2. The highest BCUT2D eigenvalue weighted by molar-refractivity contribution is 7.92. The lowest BCUT2D eigenvalue weighted by Gasteiger charge is -2.17. The van der Waals surface area contributed by atoms with Crippen molar-refractivity contribution >= 4 is 27.0 Å². The summed E-state index contributed by atoms with van der Waals surface area (Å²) in [6.45, 7) is 3.93. The molecule has 3 aromatic rings. The largest absolute Gasteiger partial charge is 0.334 e. The maximum absolute atomic E-state index is 12.8. The monoisotopic (exact) mass is 333 g/mol. The average Bonchev–Trinajstić information content (AvgIpc) is 3.13. The van der Waals surface area contributed by atoms with Gasteiger partial charge in [0.2, 0.25) is 5.95 Å². The van der Waals surface area contributed by atoms with E-state index in [4.69, 9.17) is 0 Å². The number of nitrogens with zero attached hydrogens (tertiary/aromatic N) is 5. The van der Waals surface area contributed by atoms with Gasteiger partial charge < -0.3 is 9.13 Å². The predicted molar refractivity (Wildman–Crippen MR) is 88.9 cm³/mol. The van der Waals surface area contributed by atoms with Crippen LogP contribution in [-0.4, -0.2) is 34.6 Å². The van der Waals surface area contributed by atoms with Crippen molar-refractivity contribution < 1.29 is 8.42 Å². The molecule has 7 nitrogen and oxygen atoms in total. The molecule has 8 heteroatoms. The van der Waals surface area contributed by atoms with Gasteiger partial charge in [0.05, 0.1) is 17.4 Å². The molecule has 0 spiro atoms. The lowest BCUT2D eigenvalue weighted by molar-refractivity contribution is 0.586. The molecule has 0 bridgehead atoms. The Bertz CT molecular complexity index is 955. The molecular weight excluding hydrogens is 314 g/mol. The van der Waals surface area contributed by atoms with Crippen molar-refractivity contribution in [2.75, 3.05) is 11.4 Å². The van der Waals surface area contributed by atoms with E-state index in [0.717, 1.165) is 11.0 Å². The molecule has 23 heavy (non-hydrogen) atoms. The van der Waals surface area contributed by atoms with Gasteiger partial charge in [-0.2, -0.15) is 8.42 Å². The molecule has 0 radical (unpaired) electrons. The van der Waals surface area contributed by atoms with Gasteiger partial charge in [0, 0.05) is 26.3 Å². The minimum absolute atomic E-state index is 0.0146. The summed E-state index contributed by atoms with van der Waals surface area (Å²) < 4.78 is 30.3. The first-order chi connectivity index (χ1) is 10.8. The summed E-state index contributed by atoms with van der Waals surface area (Å²) in [4.78, 5) is 8.46. The molecule has 2 heterocycles. The second kappa shape index (κ2) is 5.38. The van der Waals surface area contributed by atoms with Gasteiger partial charge in [0.15, 0.2) is 5.03 Å². The number of aryl methyl sites for hydroxylation is 1. The highest BCUT2D eigenvalue weighted by atomic mass is 32.2. The zero-order chi connectivity index (χ0) is 16.8. The first kappa shape index (κ1) is 15.5. The molecule has 0 aliphatic heterocycles. The maximum atomic E-state index is 12.8. The molecule has 0 saturated carbocycles. The Morgan fingerprint density at radius 3 is 2.52 bits per heavy atom. The van der Waals surface area contributed by atoms with E-state index in [0.29, 0.717) is 5.95 Å². The van der Waals surface area contributed by atoms with Gasteiger partial charge in [-0.1, -0.05) is 12.1 Å². The van der Waals surface area contributed by atoms with Crippen LogP contribution in [0, 0.1) is 0 Å². The van der Waals surface area contributed by atoms with Crippen LogP contribution in [0.5, 0.6) is 0 Å². The first-order valence-corrected chi connectivity index (χ1v) is 8.70. The third-order valence-corrected chi connectivity index (χ3v) is 5.47. The summed E-state index contributed by atoms with van der Waals surface area (Å²) in [5.41, 5.74) is 1.62. The Morgan fingerprint density at radius 1 is 1.22 bits per heavy atom.